The predicted molar refractivity (Wildman–Crippen MR) is 116 cm³/mol. The fourth-order valence-corrected chi connectivity index (χ4v) is 3.81. The highest BCUT2D eigenvalue weighted by atomic mass is 14.4. The van der Waals surface area contributed by atoms with Gasteiger partial charge in [-0.3, -0.25) is 0 Å². The smallest absolute Gasteiger partial charge is 0.0202 e. The van der Waals surface area contributed by atoms with Gasteiger partial charge in [0, 0.05) is 5.41 Å². The Morgan fingerprint density at radius 2 is 1.56 bits per heavy atom. The molecule has 0 spiro atoms. The largest absolute Gasteiger partial charge is 0.0991 e. The van der Waals surface area contributed by atoms with Gasteiger partial charge < -0.3 is 0 Å². The van der Waals surface area contributed by atoms with Gasteiger partial charge in [0.15, 0.2) is 0 Å². The van der Waals surface area contributed by atoms with Gasteiger partial charge in [-0.15, -0.1) is 0 Å². The normalized spacial score (nSPS) is 17.6. The van der Waals surface area contributed by atoms with E-state index in [1.54, 1.807) is 0 Å². The van der Waals surface area contributed by atoms with Crippen LogP contribution in [0.3, 0.4) is 0 Å². The van der Waals surface area contributed by atoms with Crippen LogP contribution in [0.25, 0.3) is 0 Å². The molecule has 1 aromatic carbocycles. The first kappa shape index (κ1) is 23.4. The van der Waals surface area contributed by atoms with E-state index in [1.165, 1.54) is 43.2 Å². The van der Waals surface area contributed by atoms with Crippen LogP contribution in [0.5, 0.6) is 0 Å². The average Bonchev–Trinajstić information content (AvgIpc) is 2.71. The molecular formula is C25H40. The van der Waals surface area contributed by atoms with Gasteiger partial charge in [-0.05, 0) is 36.8 Å². The number of hydrogen-bond donors (Lipinski definition) is 0. The number of hydrogen-bond acceptors (Lipinski definition) is 0. The summed E-state index contributed by atoms with van der Waals surface area (Å²) in [7, 11) is 0. The van der Waals surface area contributed by atoms with Crippen LogP contribution in [0, 0.1) is 5.92 Å². The summed E-state index contributed by atoms with van der Waals surface area (Å²) in [4.78, 5) is 0. The Morgan fingerprint density at radius 3 is 2.04 bits per heavy atom. The molecule has 2 rings (SSSR count). The summed E-state index contributed by atoms with van der Waals surface area (Å²) >= 11 is 0. The van der Waals surface area contributed by atoms with Crippen molar-refractivity contribution in [2.24, 2.45) is 5.92 Å². The number of allylic oxidation sites excluding steroid dienone is 5. The molecular weight excluding hydrogens is 300 g/mol. The Kier molecular flexibility index (Phi) is 12.8. The van der Waals surface area contributed by atoms with Gasteiger partial charge in [-0.2, -0.15) is 0 Å². The molecule has 0 bridgehead atoms. The fourth-order valence-electron chi connectivity index (χ4n) is 3.81. The molecule has 25 heavy (non-hydrogen) atoms. The zero-order valence-electron chi connectivity index (χ0n) is 17.5. The molecule has 0 aromatic heterocycles. The van der Waals surface area contributed by atoms with Crippen molar-refractivity contribution >= 4 is 0 Å². The molecule has 0 N–H and O–H groups in total. The highest BCUT2D eigenvalue weighted by Crippen LogP contribution is 2.46. The zero-order chi connectivity index (χ0) is 19.1. The first-order valence-corrected chi connectivity index (χ1v) is 10.2. The highest BCUT2D eigenvalue weighted by molar-refractivity contribution is 5.43. The molecule has 1 aliphatic carbocycles. The lowest BCUT2D eigenvalue weighted by Crippen LogP contribution is -2.35. The van der Waals surface area contributed by atoms with Gasteiger partial charge in [-0.1, -0.05) is 115 Å². The molecule has 1 aromatic rings. The molecule has 0 nitrogen and oxygen atoms in total. The van der Waals surface area contributed by atoms with Crippen molar-refractivity contribution in [3.8, 4) is 0 Å². The second kappa shape index (κ2) is 13.7. The summed E-state index contributed by atoms with van der Waals surface area (Å²) in [6.45, 7) is 16.4. The van der Waals surface area contributed by atoms with Crippen LogP contribution in [0.15, 0.2) is 66.8 Å². The third-order valence-corrected chi connectivity index (χ3v) is 5.04. The van der Waals surface area contributed by atoms with Gasteiger partial charge in [0.05, 0.1) is 0 Å². The molecule has 140 valence electrons. The quantitative estimate of drug-likeness (QED) is 0.473. The molecule has 1 fully saturated rings. The number of rotatable bonds is 5. The van der Waals surface area contributed by atoms with E-state index in [9.17, 15) is 0 Å². The van der Waals surface area contributed by atoms with E-state index in [2.05, 4.69) is 69.0 Å². The summed E-state index contributed by atoms with van der Waals surface area (Å²) in [6, 6.07) is 11.0. The highest BCUT2D eigenvalue weighted by Gasteiger charge is 2.38. The van der Waals surface area contributed by atoms with Crippen molar-refractivity contribution in [3.05, 3.63) is 72.4 Å². The average molecular weight is 341 g/mol. The summed E-state index contributed by atoms with van der Waals surface area (Å²) in [5, 5.41) is 0. The van der Waals surface area contributed by atoms with Gasteiger partial charge in [-0.25, -0.2) is 0 Å². The third kappa shape index (κ3) is 6.34. The van der Waals surface area contributed by atoms with Crippen LogP contribution in [0.4, 0.5) is 0 Å². The minimum Gasteiger partial charge on any atom is -0.0991 e. The van der Waals surface area contributed by atoms with Crippen molar-refractivity contribution in [1.29, 1.82) is 0 Å². The maximum absolute atomic E-state index is 3.92. The summed E-state index contributed by atoms with van der Waals surface area (Å²) in [6.07, 6.45) is 15.3. The molecule has 0 aliphatic heterocycles. The van der Waals surface area contributed by atoms with Crippen LogP contribution in [-0.2, 0) is 5.41 Å². The lowest BCUT2D eigenvalue weighted by Gasteiger charge is -2.42. The minimum absolute atomic E-state index is 0.0857. The van der Waals surface area contributed by atoms with E-state index < -0.39 is 0 Å². The van der Waals surface area contributed by atoms with E-state index in [-0.39, 0.29) is 5.41 Å². The van der Waals surface area contributed by atoms with Gasteiger partial charge >= 0.3 is 0 Å². The van der Waals surface area contributed by atoms with E-state index in [0.29, 0.717) is 0 Å². The molecule has 0 heterocycles. The van der Waals surface area contributed by atoms with Crippen molar-refractivity contribution in [3.63, 3.8) is 0 Å². The van der Waals surface area contributed by atoms with Crippen LogP contribution >= 0.6 is 0 Å². The SMILES string of the molecule is C=C/C=C(\C=C/C)C(C)(c1ccccc1)C1CCCCC1.CC.CC. The van der Waals surface area contributed by atoms with E-state index in [1.807, 2.05) is 33.8 Å². The third-order valence-electron chi connectivity index (χ3n) is 5.04. The van der Waals surface area contributed by atoms with Crippen molar-refractivity contribution < 1.29 is 0 Å². The Bertz CT molecular complexity index is 500. The molecule has 0 amide bonds. The zero-order valence-corrected chi connectivity index (χ0v) is 17.5. The second-order valence-corrected chi connectivity index (χ2v) is 6.26. The maximum Gasteiger partial charge on any atom is 0.0202 e. The molecule has 1 unspecified atom stereocenters. The van der Waals surface area contributed by atoms with Crippen LogP contribution < -0.4 is 0 Å². The fraction of sp³-hybridized carbons (Fsp3) is 0.520. The second-order valence-electron chi connectivity index (χ2n) is 6.26. The van der Waals surface area contributed by atoms with Gasteiger partial charge in [0.1, 0.15) is 0 Å². The van der Waals surface area contributed by atoms with Crippen molar-refractivity contribution in [2.75, 3.05) is 0 Å². The molecule has 0 radical (unpaired) electrons. The number of benzene rings is 1. The Balaban J connectivity index is 0.00000134. The van der Waals surface area contributed by atoms with E-state index in [0.717, 1.165) is 5.92 Å². The summed E-state index contributed by atoms with van der Waals surface area (Å²) in [5.74, 6) is 0.719. The van der Waals surface area contributed by atoms with Crippen molar-refractivity contribution in [2.45, 2.75) is 79.1 Å². The monoisotopic (exact) mass is 340 g/mol. The Morgan fingerprint density at radius 1 is 1.00 bits per heavy atom. The Hall–Kier alpha value is -1.56. The van der Waals surface area contributed by atoms with Crippen LogP contribution in [0.1, 0.15) is 79.2 Å². The van der Waals surface area contributed by atoms with E-state index in [4.69, 9.17) is 0 Å². The first-order chi connectivity index (χ1) is 12.2. The Labute approximate surface area is 157 Å². The molecule has 0 saturated heterocycles. The molecule has 1 aliphatic rings. The minimum atomic E-state index is 0.0857. The lowest BCUT2D eigenvalue weighted by molar-refractivity contribution is 0.253. The lowest BCUT2D eigenvalue weighted by atomic mass is 9.62. The summed E-state index contributed by atoms with van der Waals surface area (Å²) in [5.41, 5.74) is 2.91. The molecule has 1 atom stereocenters. The van der Waals surface area contributed by atoms with E-state index >= 15 is 0 Å². The maximum atomic E-state index is 3.92. The topological polar surface area (TPSA) is 0 Å². The molecule has 0 heteroatoms. The summed E-state index contributed by atoms with van der Waals surface area (Å²) < 4.78 is 0. The van der Waals surface area contributed by atoms with Crippen LogP contribution in [-0.4, -0.2) is 0 Å². The van der Waals surface area contributed by atoms with Crippen molar-refractivity contribution in [1.82, 2.24) is 0 Å². The van der Waals surface area contributed by atoms with Gasteiger partial charge in [0.2, 0.25) is 0 Å². The van der Waals surface area contributed by atoms with Gasteiger partial charge in [0.25, 0.3) is 0 Å². The predicted octanol–water partition coefficient (Wildman–Crippen LogP) is 8.27. The van der Waals surface area contributed by atoms with Crippen LogP contribution in [0.2, 0.25) is 0 Å². The first-order valence-electron chi connectivity index (χ1n) is 10.2. The molecule has 1 saturated carbocycles. The standard InChI is InChI=1S/C21H28.2C2H6/c1-4-12-18(13-5-2)21(3,19-14-8-6-9-15-19)20-16-10-7-11-17-20;2*1-2/h4-6,8-9,12-15,20H,1,7,10-11,16-17H2,2-3H3;2*1-2H3/b13-5-,18-12+;;.